The fraction of sp³-hybridized carbons (Fsp3) is 0.174. The predicted molar refractivity (Wildman–Crippen MR) is 105 cm³/mol. The maximum atomic E-state index is 12.2. The van der Waals surface area contributed by atoms with Gasteiger partial charge in [-0.1, -0.05) is 48.0 Å². The number of hydrogen-bond acceptors (Lipinski definition) is 4. The van der Waals surface area contributed by atoms with Gasteiger partial charge in [-0.05, 0) is 35.9 Å². The van der Waals surface area contributed by atoms with Gasteiger partial charge in [-0.25, -0.2) is 0 Å². The van der Waals surface area contributed by atoms with Crippen molar-refractivity contribution in [3.8, 4) is 5.75 Å². The van der Waals surface area contributed by atoms with Gasteiger partial charge >= 0.3 is 5.97 Å². The number of rotatable bonds is 6. The summed E-state index contributed by atoms with van der Waals surface area (Å²) in [6.07, 6.45) is 1.81. The Morgan fingerprint density at radius 3 is 2.63 bits per heavy atom. The van der Waals surface area contributed by atoms with E-state index in [1.54, 1.807) is 6.26 Å². The van der Waals surface area contributed by atoms with Gasteiger partial charge in [-0.3, -0.25) is 4.79 Å². The lowest BCUT2D eigenvalue weighted by Gasteiger charge is -2.07. The lowest BCUT2D eigenvalue weighted by Crippen LogP contribution is -2.13. The molecule has 0 amide bonds. The lowest BCUT2D eigenvalue weighted by molar-refractivity contribution is -0.143. The molecule has 0 N–H and O–H groups in total. The van der Waals surface area contributed by atoms with Gasteiger partial charge in [0.25, 0.3) is 0 Å². The molecule has 1 aromatic heterocycles. The number of esters is 1. The fourth-order valence-electron chi connectivity index (χ4n) is 3.16. The molecule has 0 saturated heterocycles. The Morgan fingerprint density at radius 2 is 1.78 bits per heavy atom. The Labute approximate surface area is 157 Å². The van der Waals surface area contributed by atoms with Crippen molar-refractivity contribution in [3.63, 3.8) is 0 Å². The molecule has 0 radical (unpaired) electrons. The van der Waals surface area contributed by atoms with E-state index in [9.17, 15) is 4.79 Å². The van der Waals surface area contributed by atoms with Crippen LogP contribution in [0.3, 0.4) is 0 Å². The highest BCUT2D eigenvalue weighted by Crippen LogP contribution is 2.30. The molecule has 1 heterocycles. The Kier molecular flexibility index (Phi) is 4.79. The summed E-state index contributed by atoms with van der Waals surface area (Å²) in [7, 11) is 0. The van der Waals surface area contributed by atoms with Gasteiger partial charge in [0.1, 0.15) is 24.5 Å². The topological polar surface area (TPSA) is 48.7 Å². The number of hydrogen-bond donors (Lipinski definition) is 0. The average Bonchev–Trinajstić information content (AvgIpc) is 3.10. The highest BCUT2D eigenvalue weighted by atomic mass is 16.6. The molecule has 4 aromatic rings. The Morgan fingerprint density at radius 1 is 0.963 bits per heavy atom. The zero-order valence-electron chi connectivity index (χ0n) is 15.1. The van der Waals surface area contributed by atoms with Crippen molar-refractivity contribution in [1.29, 1.82) is 0 Å². The quantitative estimate of drug-likeness (QED) is 0.356. The maximum Gasteiger partial charge on any atom is 0.310 e. The number of aryl methyl sites for hydroxylation is 1. The number of ether oxygens (including phenoxy) is 2. The van der Waals surface area contributed by atoms with Gasteiger partial charge in [0.2, 0.25) is 0 Å². The summed E-state index contributed by atoms with van der Waals surface area (Å²) in [6, 6.07) is 19.8. The van der Waals surface area contributed by atoms with E-state index in [1.165, 1.54) is 5.56 Å². The number of carbonyl (C=O) groups is 1. The molecule has 0 aliphatic rings. The van der Waals surface area contributed by atoms with Crippen LogP contribution in [0.5, 0.6) is 5.75 Å². The third kappa shape index (κ3) is 3.80. The van der Waals surface area contributed by atoms with Crippen molar-refractivity contribution in [2.75, 3.05) is 13.2 Å². The monoisotopic (exact) mass is 360 g/mol. The average molecular weight is 360 g/mol. The summed E-state index contributed by atoms with van der Waals surface area (Å²) in [5.74, 6) is 0.474. The van der Waals surface area contributed by atoms with Gasteiger partial charge in [-0.2, -0.15) is 0 Å². The first kappa shape index (κ1) is 17.2. The summed E-state index contributed by atoms with van der Waals surface area (Å²) in [4.78, 5) is 12.2. The molecule has 0 bridgehead atoms. The molecule has 0 aliphatic heterocycles. The van der Waals surface area contributed by atoms with Gasteiger partial charge in [0.15, 0.2) is 0 Å². The van der Waals surface area contributed by atoms with Crippen LogP contribution in [-0.4, -0.2) is 19.2 Å². The lowest BCUT2D eigenvalue weighted by atomic mass is 10.0. The Bertz CT molecular complexity index is 1080. The summed E-state index contributed by atoms with van der Waals surface area (Å²) < 4.78 is 16.5. The number of carbonyl (C=O) groups excluding carboxylic acids is 1. The molecule has 4 nitrogen and oxygen atoms in total. The van der Waals surface area contributed by atoms with Crippen LogP contribution >= 0.6 is 0 Å². The minimum Gasteiger partial charge on any atom is -0.490 e. The van der Waals surface area contributed by atoms with Gasteiger partial charge in [0.05, 0.1) is 12.7 Å². The van der Waals surface area contributed by atoms with Crippen LogP contribution in [0.4, 0.5) is 0 Å². The molecule has 3 aromatic carbocycles. The minimum atomic E-state index is -0.293. The molecule has 4 heteroatoms. The van der Waals surface area contributed by atoms with E-state index in [0.29, 0.717) is 6.61 Å². The summed E-state index contributed by atoms with van der Waals surface area (Å²) in [5.41, 5.74) is 2.79. The van der Waals surface area contributed by atoms with E-state index in [2.05, 4.69) is 0 Å². The SMILES string of the molecule is Cc1ccc(OCCOC(=O)Cc2coc3ccc4ccccc4c23)cc1. The zero-order chi connectivity index (χ0) is 18.6. The molecule has 0 aliphatic carbocycles. The first-order valence-corrected chi connectivity index (χ1v) is 8.93. The van der Waals surface area contributed by atoms with E-state index in [1.807, 2.05) is 67.6 Å². The molecule has 0 unspecified atom stereocenters. The maximum absolute atomic E-state index is 12.2. The second kappa shape index (κ2) is 7.54. The van der Waals surface area contributed by atoms with Crippen LogP contribution < -0.4 is 4.74 Å². The summed E-state index contributed by atoms with van der Waals surface area (Å²) in [5, 5.41) is 3.17. The standard InChI is InChI=1S/C23H20O4/c1-16-6-9-19(10-7-16)25-12-13-26-22(24)14-18-15-27-21-11-8-17-4-2-3-5-20(17)23(18)21/h2-11,15H,12-14H2,1H3. The van der Waals surface area contributed by atoms with Gasteiger partial charge in [0, 0.05) is 10.9 Å². The van der Waals surface area contributed by atoms with Crippen LogP contribution in [0.2, 0.25) is 0 Å². The second-order valence-electron chi connectivity index (χ2n) is 6.48. The highest BCUT2D eigenvalue weighted by molar-refractivity contribution is 6.08. The van der Waals surface area contributed by atoms with Crippen LogP contribution in [-0.2, 0) is 16.0 Å². The predicted octanol–water partition coefficient (Wildman–Crippen LogP) is 5.06. The van der Waals surface area contributed by atoms with Crippen LogP contribution in [0.15, 0.2) is 71.3 Å². The number of furan rings is 1. The molecule has 136 valence electrons. The second-order valence-corrected chi connectivity index (χ2v) is 6.48. The van der Waals surface area contributed by atoms with Crippen LogP contribution in [0.1, 0.15) is 11.1 Å². The van der Waals surface area contributed by atoms with E-state index < -0.39 is 0 Å². The van der Waals surface area contributed by atoms with Gasteiger partial charge in [-0.15, -0.1) is 0 Å². The molecule has 4 rings (SSSR count). The van der Waals surface area contributed by atoms with Crippen molar-refractivity contribution in [2.24, 2.45) is 0 Å². The normalized spacial score (nSPS) is 11.0. The van der Waals surface area contributed by atoms with E-state index >= 15 is 0 Å². The molecule has 0 saturated carbocycles. The van der Waals surface area contributed by atoms with Crippen molar-refractivity contribution in [1.82, 2.24) is 0 Å². The largest absolute Gasteiger partial charge is 0.490 e. The zero-order valence-corrected chi connectivity index (χ0v) is 15.1. The minimum absolute atomic E-state index is 0.172. The van der Waals surface area contributed by atoms with E-state index in [4.69, 9.17) is 13.9 Å². The number of benzene rings is 3. The number of fused-ring (bicyclic) bond motifs is 3. The summed E-state index contributed by atoms with van der Waals surface area (Å²) >= 11 is 0. The molecular weight excluding hydrogens is 340 g/mol. The van der Waals surface area contributed by atoms with Crippen molar-refractivity contribution >= 4 is 27.7 Å². The first-order valence-electron chi connectivity index (χ1n) is 8.93. The van der Waals surface area contributed by atoms with E-state index in [-0.39, 0.29) is 19.0 Å². The first-order chi connectivity index (χ1) is 13.2. The molecular formula is C23H20O4. The van der Waals surface area contributed by atoms with Crippen molar-refractivity contribution in [2.45, 2.75) is 13.3 Å². The van der Waals surface area contributed by atoms with E-state index in [0.717, 1.165) is 33.1 Å². The van der Waals surface area contributed by atoms with Crippen LogP contribution in [0, 0.1) is 6.92 Å². The van der Waals surface area contributed by atoms with Crippen molar-refractivity contribution in [3.05, 3.63) is 78.1 Å². The molecule has 0 fully saturated rings. The fourth-order valence-corrected chi connectivity index (χ4v) is 3.16. The summed E-state index contributed by atoms with van der Waals surface area (Å²) in [6.45, 7) is 2.56. The molecule has 27 heavy (non-hydrogen) atoms. The van der Waals surface area contributed by atoms with Gasteiger partial charge < -0.3 is 13.9 Å². The molecule has 0 atom stereocenters. The third-order valence-corrected chi connectivity index (χ3v) is 4.51. The Hall–Kier alpha value is -3.27. The third-order valence-electron chi connectivity index (χ3n) is 4.51. The Balaban J connectivity index is 1.38. The molecule has 0 spiro atoms. The van der Waals surface area contributed by atoms with Crippen molar-refractivity contribution < 1.29 is 18.7 Å². The van der Waals surface area contributed by atoms with Crippen LogP contribution in [0.25, 0.3) is 21.7 Å². The smallest absolute Gasteiger partial charge is 0.310 e. The highest BCUT2D eigenvalue weighted by Gasteiger charge is 2.14.